The molecule has 1 N–H and O–H groups in total. The number of nitrogens with zero attached hydrogens (tertiary/aromatic N) is 1. The Hall–Kier alpha value is -3.14. The highest BCUT2D eigenvalue weighted by Gasteiger charge is 2.04. The van der Waals surface area contributed by atoms with E-state index in [2.05, 4.69) is 10.5 Å². The van der Waals surface area contributed by atoms with Gasteiger partial charge in [-0.3, -0.25) is 4.79 Å². The molecule has 0 radical (unpaired) electrons. The fourth-order valence-corrected chi connectivity index (χ4v) is 2.15. The van der Waals surface area contributed by atoms with Crippen molar-refractivity contribution in [3.63, 3.8) is 0 Å². The van der Waals surface area contributed by atoms with Crippen molar-refractivity contribution in [2.45, 2.75) is 20.8 Å². The standard InChI is InChI=1S/C22H24N2O2/c1-17-13-14-18(2)21(15-17)26-16-22(25)24-23-19(3)9-7-8-12-20-10-5-4-6-11-20/h4-15H,16H2,1-3H3,(H,24,25)/b9-7+,12-8-,23-19?. The summed E-state index contributed by atoms with van der Waals surface area (Å²) in [7, 11) is 0. The van der Waals surface area contributed by atoms with Gasteiger partial charge in [-0.25, -0.2) is 5.43 Å². The first-order valence-corrected chi connectivity index (χ1v) is 8.47. The van der Waals surface area contributed by atoms with Gasteiger partial charge >= 0.3 is 0 Å². The molecule has 0 aliphatic rings. The maximum atomic E-state index is 11.9. The van der Waals surface area contributed by atoms with Crippen LogP contribution in [0, 0.1) is 13.8 Å². The van der Waals surface area contributed by atoms with Gasteiger partial charge in [-0.2, -0.15) is 5.10 Å². The van der Waals surface area contributed by atoms with Gasteiger partial charge in [-0.05, 0) is 49.6 Å². The summed E-state index contributed by atoms with van der Waals surface area (Å²) in [6.45, 7) is 5.68. The Morgan fingerprint density at radius 1 is 1.12 bits per heavy atom. The molecule has 0 unspecified atom stereocenters. The summed E-state index contributed by atoms with van der Waals surface area (Å²) in [5, 5.41) is 4.04. The van der Waals surface area contributed by atoms with Crippen molar-refractivity contribution in [1.29, 1.82) is 0 Å². The molecule has 0 aliphatic carbocycles. The number of benzene rings is 2. The van der Waals surface area contributed by atoms with Crippen LogP contribution in [-0.4, -0.2) is 18.2 Å². The van der Waals surface area contributed by atoms with Crippen LogP contribution in [0.25, 0.3) is 6.08 Å². The summed E-state index contributed by atoms with van der Waals surface area (Å²) in [4.78, 5) is 11.9. The molecule has 0 saturated heterocycles. The quantitative estimate of drug-likeness (QED) is 0.457. The average Bonchev–Trinajstić information content (AvgIpc) is 2.65. The first-order valence-electron chi connectivity index (χ1n) is 8.47. The van der Waals surface area contributed by atoms with E-state index in [9.17, 15) is 4.79 Å². The van der Waals surface area contributed by atoms with Crippen molar-refractivity contribution in [2.24, 2.45) is 5.10 Å². The lowest BCUT2D eigenvalue weighted by Crippen LogP contribution is -2.25. The van der Waals surface area contributed by atoms with E-state index in [-0.39, 0.29) is 12.5 Å². The van der Waals surface area contributed by atoms with Gasteiger partial charge in [-0.15, -0.1) is 0 Å². The zero-order chi connectivity index (χ0) is 18.8. The molecule has 0 aliphatic heterocycles. The van der Waals surface area contributed by atoms with Crippen LogP contribution in [0.3, 0.4) is 0 Å². The molecule has 4 heteroatoms. The number of amides is 1. The highest BCUT2D eigenvalue weighted by Crippen LogP contribution is 2.18. The van der Waals surface area contributed by atoms with Gasteiger partial charge in [0.05, 0.1) is 5.71 Å². The molecule has 134 valence electrons. The van der Waals surface area contributed by atoms with Crippen LogP contribution < -0.4 is 10.2 Å². The number of aryl methyl sites for hydroxylation is 2. The number of hydrazone groups is 1. The Morgan fingerprint density at radius 3 is 2.65 bits per heavy atom. The average molecular weight is 348 g/mol. The Kier molecular flexibility index (Phi) is 7.37. The highest BCUT2D eigenvalue weighted by molar-refractivity contribution is 5.94. The van der Waals surface area contributed by atoms with Crippen LogP contribution in [0.15, 0.2) is 71.9 Å². The summed E-state index contributed by atoms with van der Waals surface area (Å²) in [6.07, 6.45) is 7.63. The number of hydrogen-bond donors (Lipinski definition) is 1. The second-order valence-electron chi connectivity index (χ2n) is 5.97. The zero-order valence-corrected chi connectivity index (χ0v) is 15.4. The second-order valence-corrected chi connectivity index (χ2v) is 5.97. The van der Waals surface area contributed by atoms with Crippen molar-refractivity contribution in [1.82, 2.24) is 5.43 Å². The predicted octanol–water partition coefficient (Wildman–Crippen LogP) is 4.44. The minimum Gasteiger partial charge on any atom is -0.483 e. The monoisotopic (exact) mass is 348 g/mol. The van der Waals surface area contributed by atoms with Crippen molar-refractivity contribution in [3.05, 3.63) is 83.4 Å². The van der Waals surface area contributed by atoms with Crippen LogP contribution >= 0.6 is 0 Å². The van der Waals surface area contributed by atoms with Crippen LogP contribution in [0.4, 0.5) is 0 Å². The van der Waals surface area contributed by atoms with E-state index in [1.54, 1.807) is 0 Å². The molecule has 0 aromatic heterocycles. The van der Waals surface area contributed by atoms with Gasteiger partial charge < -0.3 is 4.74 Å². The van der Waals surface area contributed by atoms with Crippen LogP contribution in [-0.2, 0) is 4.79 Å². The van der Waals surface area contributed by atoms with Crippen LogP contribution in [0.2, 0.25) is 0 Å². The summed E-state index contributed by atoms with van der Waals surface area (Å²) >= 11 is 0. The van der Waals surface area contributed by atoms with Crippen LogP contribution in [0.5, 0.6) is 5.75 Å². The summed E-state index contributed by atoms with van der Waals surface area (Å²) < 4.78 is 5.55. The normalized spacial score (nSPS) is 11.9. The maximum absolute atomic E-state index is 11.9. The lowest BCUT2D eigenvalue weighted by Gasteiger charge is -2.09. The molecule has 4 nitrogen and oxygen atoms in total. The van der Waals surface area contributed by atoms with Crippen molar-refractivity contribution in [2.75, 3.05) is 6.61 Å². The lowest BCUT2D eigenvalue weighted by atomic mass is 10.1. The Labute approximate surface area is 154 Å². The molecule has 0 heterocycles. The highest BCUT2D eigenvalue weighted by atomic mass is 16.5. The molecule has 0 fully saturated rings. The van der Waals surface area contributed by atoms with Gasteiger partial charge in [0, 0.05) is 0 Å². The first kappa shape index (κ1) is 19.2. The third-order valence-electron chi connectivity index (χ3n) is 3.60. The van der Waals surface area contributed by atoms with E-state index < -0.39 is 0 Å². The van der Waals surface area contributed by atoms with E-state index >= 15 is 0 Å². The van der Waals surface area contributed by atoms with E-state index in [4.69, 9.17) is 4.74 Å². The number of carbonyl (C=O) groups is 1. The third-order valence-corrected chi connectivity index (χ3v) is 3.60. The van der Waals surface area contributed by atoms with Gasteiger partial charge in [-0.1, -0.05) is 60.7 Å². The molecule has 0 saturated carbocycles. The molecule has 1 amide bonds. The fourth-order valence-electron chi connectivity index (χ4n) is 2.15. The van der Waals surface area contributed by atoms with Gasteiger partial charge in [0.15, 0.2) is 6.61 Å². The van der Waals surface area contributed by atoms with Crippen molar-refractivity contribution in [3.8, 4) is 5.75 Å². The molecule has 2 rings (SSSR count). The topological polar surface area (TPSA) is 50.7 Å². The molecular formula is C22H24N2O2. The van der Waals surface area contributed by atoms with E-state index in [1.165, 1.54) is 0 Å². The fraction of sp³-hybridized carbons (Fsp3) is 0.182. The van der Waals surface area contributed by atoms with E-state index in [1.807, 2.05) is 93.6 Å². The van der Waals surface area contributed by atoms with Gasteiger partial charge in [0.25, 0.3) is 5.91 Å². The molecule has 2 aromatic rings. The largest absolute Gasteiger partial charge is 0.483 e. The van der Waals surface area contributed by atoms with Crippen molar-refractivity contribution >= 4 is 17.7 Å². The molecule has 2 aromatic carbocycles. The third kappa shape index (κ3) is 6.77. The predicted molar refractivity (Wildman–Crippen MR) is 107 cm³/mol. The number of carbonyl (C=O) groups excluding carboxylic acids is 1. The number of rotatable bonds is 7. The minimum absolute atomic E-state index is 0.0707. The summed E-state index contributed by atoms with van der Waals surface area (Å²) in [5.74, 6) is 0.422. The molecular weight excluding hydrogens is 324 g/mol. The SMILES string of the molecule is CC(/C=C/C=C\c1ccccc1)=NNC(=O)COc1cc(C)ccc1C. The van der Waals surface area contributed by atoms with Gasteiger partial charge in [0.2, 0.25) is 0 Å². The smallest absolute Gasteiger partial charge is 0.277 e. The molecule has 0 atom stereocenters. The lowest BCUT2D eigenvalue weighted by molar-refractivity contribution is -0.123. The molecule has 0 spiro atoms. The Balaban J connectivity index is 1.78. The first-order chi connectivity index (χ1) is 12.5. The van der Waals surface area contributed by atoms with Crippen LogP contribution in [0.1, 0.15) is 23.6 Å². The zero-order valence-electron chi connectivity index (χ0n) is 15.4. The van der Waals surface area contributed by atoms with Gasteiger partial charge in [0.1, 0.15) is 5.75 Å². The minimum atomic E-state index is -0.293. The second kappa shape index (κ2) is 9.99. The maximum Gasteiger partial charge on any atom is 0.277 e. The molecule has 26 heavy (non-hydrogen) atoms. The summed E-state index contributed by atoms with van der Waals surface area (Å²) in [5.41, 5.74) is 6.41. The Morgan fingerprint density at radius 2 is 1.88 bits per heavy atom. The van der Waals surface area contributed by atoms with E-state index in [0.717, 1.165) is 16.7 Å². The van der Waals surface area contributed by atoms with E-state index in [0.29, 0.717) is 11.5 Å². The summed E-state index contributed by atoms with van der Waals surface area (Å²) in [6, 6.07) is 15.9. The number of ether oxygens (including phenoxy) is 1. The Bertz CT molecular complexity index is 821. The number of nitrogens with one attached hydrogen (secondary N) is 1. The number of hydrogen-bond acceptors (Lipinski definition) is 3. The molecule has 0 bridgehead atoms. The van der Waals surface area contributed by atoms with Crippen molar-refractivity contribution < 1.29 is 9.53 Å². The number of allylic oxidation sites excluding steroid dienone is 3.